The van der Waals surface area contributed by atoms with Crippen LogP contribution >= 0.6 is 15.9 Å². The summed E-state index contributed by atoms with van der Waals surface area (Å²) >= 11 is 3.40. The van der Waals surface area contributed by atoms with E-state index < -0.39 is 24.2 Å². The molecule has 1 aromatic rings. The molecule has 0 fully saturated rings. The minimum atomic E-state index is -4.73. The molecule has 1 N–H and O–H groups in total. The summed E-state index contributed by atoms with van der Waals surface area (Å²) in [6, 6.07) is 3.22. The normalized spacial score (nSPS) is 22.0. The number of benzene rings is 1. The molecule has 0 radical (unpaired) electrons. The first-order chi connectivity index (χ1) is 9.91. The van der Waals surface area contributed by atoms with Gasteiger partial charge in [0.25, 0.3) is 0 Å². The largest absolute Gasteiger partial charge is 0.481 e. The van der Waals surface area contributed by atoms with Crippen LogP contribution in [0.25, 0.3) is 0 Å². The van der Waals surface area contributed by atoms with Crippen molar-refractivity contribution in [3.05, 3.63) is 27.7 Å². The minimum Gasteiger partial charge on any atom is -0.481 e. The van der Waals surface area contributed by atoms with Crippen molar-refractivity contribution in [3.8, 4) is 5.75 Å². The molecule has 1 aliphatic rings. The third-order valence-electron chi connectivity index (χ3n) is 3.66. The standard InChI is InChI=1S/C15H16BrF3O3/c1-14(2,3)9-6-11-7(5-10(9)16)4-8(13(20)21)12(22-11)15(17,18)19/h5-6,8,12H,4H2,1-3H3,(H,20,21). The summed E-state index contributed by atoms with van der Waals surface area (Å²) in [7, 11) is 0. The molecule has 122 valence electrons. The van der Waals surface area contributed by atoms with Gasteiger partial charge in [-0.15, -0.1) is 0 Å². The zero-order chi connectivity index (χ0) is 16.9. The van der Waals surface area contributed by atoms with E-state index in [-0.39, 0.29) is 17.6 Å². The molecule has 2 atom stereocenters. The maximum atomic E-state index is 13.1. The Hall–Kier alpha value is -1.24. The molecule has 2 unspecified atom stereocenters. The number of aliphatic carboxylic acids is 1. The maximum absolute atomic E-state index is 13.1. The first-order valence-corrected chi connectivity index (χ1v) is 7.49. The molecule has 7 heteroatoms. The van der Waals surface area contributed by atoms with Crippen LogP contribution in [0.4, 0.5) is 13.2 Å². The highest BCUT2D eigenvalue weighted by Crippen LogP contribution is 2.42. The summed E-state index contributed by atoms with van der Waals surface area (Å²) in [4.78, 5) is 11.1. The van der Waals surface area contributed by atoms with Gasteiger partial charge in [-0.25, -0.2) is 0 Å². The molecule has 0 spiro atoms. The van der Waals surface area contributed by atoms with Gasteiger partial charge in [-0.1, -0.05) is 36.7 Å². The van der Waals surface area contributed by atoms with Crippen molar-refractivity contribution >= 4 is 21.9 Å². The molecular formula is C15H16BrF3O3. The molecule has 0 amide bonds. The molecule has 1 aromatic carbocycles. The number of carbonyl (C=O) groups is 1. The molecule has 0 aliphatic carbocycles. The Balaban J connectivity index is 2.51. The summed E-state index contributed by atoms with van der Waals surface area (Å²) in [5, 5.41) is 9.06. The number of rotatable bonds is 1. The number of hydrogen-bond acceptors (Lipinski definition) is 2. The van der Waals surface area contributed by atoms with E-state index in [0.29, 0.717) is 5.56 Å². The third-order valence-corrected chi connectivity index (χ3v) is 4.31. The van der Waals surface area contributed by atoms with Gasteiger partial charge in [0, 0.05) is 4.47 Å². The molecule has 22 heavy (non-hydrogen) atoms. The first-order valence-electron chi connectivity index (χ1n) is 6.70. The van der Waals surface area contributed by atoms with Gasteiger partial charge >= 0.3 is 12.1 Å². The van der Waals surface area contributed by atoms with E-state index in [9.17, 15) is 18.0 Å². The zero-order valence-corrected chi connectivity index (χ0v) is 13.9. The van der Waals surface area contributed by atoms with Crippen molar-refractivity contribution in [2.45, 2.75) is 44.9 Å². The van der Waals surface area contributed by atoms with Crippen molar-refractivity contribution in [1.29, 1.82) is 0 Å². The number of ether oxygens (including phenoxy) is 1. The molecule has 3 nitrogen and oxygen atoms in total. The lowest BCUT2D eigenvalue weighted by Crippen LogP contribution is -2.47. The number of halogens is 4. The van der Waals surface area contributed by atoms with E-state index in [1.165, 1.54) is 0 Å². The van der Waals surface area contributed by atoms with Crippen LogP contribution in [0.15, 0.2) is 16.6 Å². The van der Waals surface area contributed by atoms with Gasteiger partial charge in [0.2, 0.25) is 6.10 Å². The van der Waals surface area contributed by atoms with Crippen LogP contribution in [0.2, 0.25) is 0 Å². The second-order valence-corrected chi connectivity index (χ2v) is 7.27. The van der Waals surface area contributed by atoms with Gasteiger partial charge in [0.15, 0.2) is 0 Å². The molecule has 0 bridgehead atoms. The monoisotopic (exact) mass is 380 g/mol. The molecular weight excluding hydrogens is 365 g/mol. The molecule has 0 saturated heterocycles. The lowest BCUT2D eigenvalue weighted by Gasteiger charge is -2.34. The second-order valence-electron chi connectivity index (χ2n) is 6.42. The van der Waals surface area contributed by atoms with Crippen LogP contribution in [-0.2, 0) is 16.6 Å². The number of fused-ring (bicyclic) bond motifs is 1. The molecule has 1 aliphatic heterocycles. The quantitative estimate of drug-likeness (QED) is 0.789. The average molecular weight is 381 g/mol. The number of carboxylic acids is 1. The lowest BCUT2D eigenvalue weighted by molar-refractivity contribution is -0.217. The Morgan fingerprint density at radius 2 is 1.91 bits per heavy atom. The van der Waals surface area contributed by atoms with Crippen molar-refractivity contribution < 1.29 is 27.8 Å². The van der Waals surface area contributed by atoms with E-state index in [0.717, 1.165) is 10.0 Å². The zero-order valence-electron chi connectivity index (χ0n) is 12.3. The van der Waals surface area contributed by atoms with Gasteiger partial charge < -0.3 is 9.84 Å². The Kier molecular flexibility index (Phi) is 4.23. The predicted molar refractivity (Wildman–Crippen MR) is 78.1 cm³/mol. The Morgan fingerprint density at radius 1 is 1.32 bits per heavy atom. The molecule has 2 rings (SSSR count). The van der Waals surface area contributed by atoms with E-state index in [4.69, 9.17) is 9.84 Å². The third kappa shape index (κ3) is 3.24. The first kappa shape index (κ1) is 17.1. The molecule has 1 heterocycles. The van der Waals surface area contributed by atoms with E-state index in [1.807, 2.05) is 20.8 Å². The summed E-state index contributed by atoms with van der Waals surface area (Å²) in [5.74, 6) is -3.04. The highest BCUT2D eigenvalue weighted by atomic mass is 79.9. The Bertz CT molecular complexity index is 605. The summed E-state index contributed by atoms with van der Waals surface area (Å²) < 4.78 is 45.0. The number of alkyl halides is 3. The van der Waals surface area contributed by atoms with Gasteiger partial charge in [0.05, 0.1) is 0 Å². The van der Waals surface area contributed by atoms with Crippen LogP contribution in [0.3, 0.4) is 0 Å². The summed E-state index contributed by atoms with van der Waals surface area (Å²) in [6.45, 7) is 5.80. The predicted octanol–water partition coefficient (Wildman–Crippen LogP) is 4.31. The van der Waals surface area contributed by atoms with Crippen LogP contribution in [0.1, 0.15) is 31.9 Å². The van der Waals surface area contributed by atoms with Crippen molar-refractivity contribution in [1.82, 2.24) is 0 Å². The second kappa shape index (κ2) is 5.44. The van der Waals surface area contributed by atoms with Gasteiger partial charge in [-0.2, -0.15) is 13.2 Å². The van der Waals surface area contributed by atoms with Crippen LogP contribution in [-0.4, -0.2) is 23.4 Å². The van der Waals surface area contributed by atoms with Crippen molar-refractivity contribution in [2.75, 3.05) is 0 Å². The minimum absolute atomic E-state index is 0.105. The van der Waals surface area contributed by atoms with Crippen molar-refractivity contribution in [3.63, 3.8) is 0 Å². The Labute approximate surface area is 134 Å². The topological polar surface area (TPSA) is 46.5 Å². The van der Waals surface area contributed by atoms with E-state index in [2.05, 4.69) is 15.9 Å². The van der Waals surface area contributed by atoms with Crippen LogP contribution < -0.4 is 4.74 Å². The SMILES string of the molecule is CC(C)(C)c1cc2c(cc1Br)CC(C(=O)O)C(C(F)(F)F)O2. The molecule has 0 aromatic heterocycles. The van der Waals surface area contributed by atoms with Gasteiger partial charge in [-0.05, 0) is 35.1 Å². The highest BCUT2D eigenvalue weighted by molar-refractivity contribution is 9.10. The summed E-state index contributed by atoms with van der Waals surface area (Å²) in [6.07, 6.45) is -7.26. The fraction of sp³-hybridized carbons (Fsp3) is 0.533. The fourth-order valence-corrected chi connectivity index (χ4v) is 3.50. The van der Waals surface area contributed by atoms with Gasteiger partial charge in [0.1, 0.15) is 11.7 Å². The van der Waals surface area contributed by atoms with E-state index >= 15 is 0 Å². The number of carboxylic acid groups (broad SMARTS) is 1. The smallest absolute Gasteiger partial charge is 0.426 e. The lowest BCUT2D eigenvalue weighted by atomic mass is 9.84. The maximum Gasteiger partial charge on any atom is 0.426 e. The Morgan fingerprint density at radius 3 is 2.36 bits per heavy atom. The summed E-state index contributed by atoms with van der Waals surface area (Å²) in [5.41, 5.74) is 0.989. The van der Waals surface area contributed by atoms with E-state index in [1.54, 1.807) is 12.1 Å². The number of hydrogen-bond donors (Lipinski definition) is 1. The van der Waals surface area contributed by atoms with Crippen molar-refractivity contribution in [2.24, 2.45) is 5.92 Å². The molecule has 0 saturated carbocycles. The highest BCUT2D eigenvalue weighted by Gasteiger charge is 2.52. The average Bonchev–Trinajstić information content (AvgIpc) is 2.33. The van der Waals surface area contributed by atoms with Crippen LogP contribution in [0.5, 0.6) is 5.75 Å². The fourth-order valence-electron chi connectivity index (χ4n) is 2.51. The van der Waals surface area contributed by atoms with Gasteiger partial charge in [-0.3, -0.25) is 4.79 Å². The van der Waals surface area contributed by atoms with Crippen LogP contribution in [0, 0.1) is 5.92 Å².